The summed E-state index contributed by atoms with van der Waals surface area (Å²) in [7, 11) is 0. The van der Waals surface area contributed by atoms with Crippen molar-refractivity contribution in [2.45, 2.75) is 6.92 Å². The molecule has 0 aromatic carbocycles. The van der Waals surface area contributed by atoms with E-state index in [4.69, 9.17) is 5.11 Å². The van der Waals surface area contributed by atoms with Gasteiger partial charge in [0.2, 0.25) is 0 Å². The number of hydrogen-bond acceptors (Lipinski definition) is 3. The van der Waals surface area contributed by atoms with Crippen molar-refractivity contribution >= 4 is 11.9 Å². The maximum Gasteiger partial charge on any atom is 1.00 e. The summed E-state index contributed by atoms with van der Waals surface area (Å²) >= 11 is 0. The average molecular weight is 152 g/mol. The number of aliphatic carboxylic acids is 2. The van der Waals surface area contributed by atoms with Gasteiger partial charge in [0.15, 0.2) is 0 Å². The fraction of sp³-hybridized carbons (Fsp3) is 0.200. The second kappa shape index (κ2) is 5.46. The molecule has 0 saturated heterocycles. The number of rotatable bonds is 2. The Kier molecular flexibility index (Phi) is 6.76. The van der Waals surface area contributed by atoms with Gasteiger partial charge in [-0.2, -0.15) is 0 Å². The maximum atomic E-state index is 9.79. The molecule has 0 fully saturated rings. The number of carbonyl (C=O) groups is 2. The molecule has 0 radical (unpaired) electrons. The van der Waals surface area contributed by atoms with Gasteiger partial charge in [-0.05, 0) is 12.5 Å². The Morgan fingerprint density at radius 3 is 2.00 bits per heavy atom. The summed E-state index contributed by atoms with van der Waals surface area (Å²) in [4.78, 5) is 19.5. The van der Waals surface area contributed by atoms with Gasteiger partial charge in [0.25, 0.3) is 0 Å². The van der Waals surface area contributed by atoms with Crippen molar-refractivity contribution in [2.75, 3.05) is 0 Å². The Bertz CT molecular complexity index is 172. The molecule has 4 nitrogen and oxygen atoms in total. The third-order valence-electron chi connectivity index (χ3n) is 0.662. The van der Waals surface area contributed by atoms with Crippen molar-refractivity contribution in [3.05, 3.63) is 11.6 Å². The van der Waals surface area contributed by atoms with Crippen LogP contribution in [0.2, 0.25) is 0 Å². The van der Waals surface area contributed by atoms with E-state index in [0.29, 0.717) is 6.08 Å². The Labute approximate surface area is 79.8 Å². The fourth-order valence-corrected chi connectivity index (χ4v) is 0.244. The van der Waals surface area contributed by atoms with Crippen LogP contribution in [-0.4, -0.2) is 17.0 Å². The van der Waals surface area contributed by atoms with E-state index in [2.05, 4.69) is 0 Å². The van der Waals surface area contributed by atoms with E-state index in [1.165, 1.54) is 0 Å². The summed E-state index contributed by atoms with van der Waals surface area (Å²) in [6, 6.07) is 0. The third kappa shape index (κ3) is 5.81. The van der Waals surface area contributed by atoms with Crippen molar-refractivity contribution < 1.29 is 49.4 Å². The molecule has 0 unspecified atom stereocenters. The summed E-state index contributed by atoms with van der Waals surface area (Å²) < 4.78 is 0. The SMILES string of the molecule is CC(=CC(=O)O)C(=O)[O-].[Na+]. The molecule has 10 heavy (non-hydrogen) atoms. The molecule has 1 N–H and O–H groups in total. The van der Waals surface area contributed by atoms with E-state index < -0.39 is 11.9 Å². The summed E-state index contributed by atoms with van der Waals surface area (Å²) in [5.41, 5.74) is -0.289. The van der Waals surface area contributed by atoms with Crippen LogP contribution in [0.3, 0.4) is 0 Å². The minimum Gasteiger partial charge on any atom is -0.545 e. The minimum absolute atomic E-state index is 0. The molecule has 0 aliphatic rings. The Balaban J connectivity index is 0. The minimum atomic E-state index is -1.46. The molecule has 0 aromatic heterocycles. The Morgan fingerprint density at radius 1 is 1.50 bits per heavy atom. The number of carbonyl (C=O) groups excluding carboxylic acids is 1. The van der Waals surface area contributed by atoms with Gasteiger partial charge >= 0.3 is 35.5 Å². The zero-order chi connectivity index (χ0) is 7.44. The Morgan fingerprint density at radius 2 is 1.90 bits per heavy atom. The second-order valence-corrected chi connectivity index (χ2v) is 1.45. The van der Waals surface area contributed by atoms with Crippen LogP contribution >= 0.6 is 0 Å². The van der Waals surface area contributed by atoms with Gasteiger partial charge < -0.3 is 15.0 Å². The van der Waals surface area contributed by atoms with E-state index in [9.17, 15) is 14.7 Å². The van der Waals surface area contributed by atoms with E-state index in [-0.39, 0.29) is 35.1 Å². The van der Waals surface area contributed by atoms with E-state index in [0.717, 1.165) is 6.92 Å². The van der Waals surface area contributed by atoms with Gasteiger partial charge in [-0.25, -0.2) is 4.79 Å². The maximum absolute atomic E-state index is 9.79. The first-order valence-electron chi connectivity index (χ1n) is 2.16. The molecule has 0 spiro atoms. The molecule has 50 valence electrons. The number of carboxylic acid groups (broad SMARTS) is 2. The third-order valence-corrected chi connectivity index (χ3v) is 0.662. The first-order chi connectivity index (χ1) is 4.04. The van der Waals surface area contributed by atoms with Crippen LogP contribution in [-0.2, 0) is 9.59 Å². The zero-order valence-corrected chi connectivity index (χ0v) is 7.75. The van der Waals surface area contributed by atoms with Gasteiger partial charge in [0.05, 0.1) is 5.97 Å². The molecule has 0 bridgehead atoms. The topological polar surface area (TPSA) is 77.4 Å². The zero-order valence-electron chi connectivity index (χ0n) is 5.75. The molecule has 0 aromatic rings. The predicted octanol–water partition coefficient (Wildman–Crippen LogP) is -4.23. The molecule has 0 atom stereocenters. The monoisotopic (exact) mass is 152 g/mol. The van der Waals surface area contributed by atoms with Crippen LogP contribution in [0.5, 0.6) is 0 Å². The van der Waals surface area contributed by atoms with E-state index >= 15 is 0 Å². The molecule has 0 aliphatic heterocycles. The second-order valence-electron chi connectivity index (χ2n) is 1.45. The van der Waals surface area contributed by atoms with Crippen LogP contribution in [0, 0.1) is 0 Å². The molecule has 0 heterocycles. The van der Waals surface area contributed by atoms with Crippen LogP contribution in [0.15, 0.2) is 11.6 Å². The van der Waals surface area contributed by atoms with Gasteiger partial charge in [0, 0.05) is 6.08 Å². The van der Waals surface area contributed by atoms with Crippen LogP contribution in [0.1, 0.15) is 6.92 Å². The molecule has 5 heteroatoms. The predicted molar refractivity (Wildman–Crippen MR) is 26.4 cm³/mol. The van der Waals surface area contributed by atoms with Gasteiger partial charge in [0.1, 0.15) is 0 Å². The van der Waals surface area contributed by atoms with Gasteiger partial charge in [-0.3, -0.25) is 0 Å². The van der Waals surface area contributed by atoms with Crippen molar-refractivity contribution in [1.82, 2.24) is 0 Å². The van der Waals surface area contributed by atoms with Gasteiger partial charge in [-0.1, -0.05) is 0 Å². The molecular weight excluding hydrogens is 147 g/mol. The molecule has 0 aliphatic carbocycles. The molecule has 0 amide bonds. The standard InChI is InChI=1S/C5H6O4.Na/c1-3(5(8)9)2-4(6)7;/h2H,1H3,(H,6,7)(H,8,9);/q;+1/p-1. The quantitative estimate of drug-likeness (QED) is 0.321. The van der Waals surface area contributed by atoms with Crippen LogP contribution in [0.25, 0.3) is 0 Å². The van der Waals surface area contributed by atoms with Crippen molar-refractivity contribution in [3.63, 3.8) is 0 Å². The van der Waals surface area contributed by atoms with Crippen molar-refractivity contribution in [2.24, 2.45) is 0 Å². The average Bonchev–Trinajstić information content (AvgIpc) is 1.63. The smallest absolute Gasteiger partial charge is 0.545 e. The first-order valence-corrected chi connectivity index (χ1v) is 2.16. The number of hydrogen-bond donors (Lipinski definition) is 1. The largest absolute Gasteiger partial charge is 1.00 e. The molecule has 0 rings (SSSR count). The van der Waals surface area contributed by atoms with Gasteiger partial charge in [-0.15, -0.1) is 0 Å². The number of carboxylic acids is 2. The molecular formula is C5H5NaO4. The van der Waals surface area contributed by atoms with Crippen molar-refractivity contribution in [3.8, 4) is 0 Å². The van der Waals surface area contributed by atoms with Crippen LogP contribution in [0.4, 0.5) is 0 Å². The molecule has 0 saturated carbocycles. The van der Waals surface area contributed by atoms with E-state index in [1.807, 2.05) is 0 Å². The van der Waals surface area contributed by atoms with Crippen LogP contribution < -0.4 is 34.7 Å². The summed E-state index contributed by atoms with van der Waals surface area (Å²) in [6.07, 6.45) is 0.579. The first kappa shape index (κ1) is 12.4. The summed E-state index contributed by atoms with van der Waals surface area (Å²) in [5.74, 6) is -2.74. The normalized spacial score (nSPS) is 9.90. The van der Waals surface area contributed by atoms with Crippen molar-refractivity contribution in [1.29, 1.82) is 0 Å². The Hall–Kier alpha value is -0.320. The summed E-state index contributed by atoms with van der Waals surface area (Å²) in [5, 5.41) is 17.8. The van der Waals surface area contributed by atoms with E-state index in [1.54, 1.807) is 0 Å². The fourth-order valence-electron chi connectivity index (χ4n) is 0.244. The summed E-state index contributed by atoms with van der Waals surface area (Å²) in [6.45, 7) is 1.16.